The van der Waals surface area contributed by atoms with Crippen molar-refractivity contribution in [1.82, 2.24) is 19.8 Å². The van der Waals surface area contributed by atoms with Crippen LogP contribution in [0.15, 0.2) is 181 Å². The number of aromatic nitrogens is 2. The van der Waals surface area contributed by atoms with E-state index < -0.39 is 35.1 Å². The molecule has 0 spiro atoms. The number of amides is 2. The van der Waals surface area contributed by atoms with Gasteiger partial charge in [0.2, 0.25) is 0 Å². The molecule has 4 fully saturated rings. The van der Waals surface area contributed by atoms with Crippen molar-refractivity contribution in [2.45, 2.75) is 83.8 Å². The van der Waals surface area contributed by atoms with Crippen LogP contribution < -0.4 is 0 Å². The van der Waals surface area contributed by atoms with Crippen LogP contribution in [0.3, 0.4) is 0 Å². The van der Waals surface area contributed by atoms with Crippen molar-refractivity contribution in [3.63, 3.8) is 0 Å². The van der Waals surface area contributed by atoms with E-state index in [0.717, 1.165) is 53.9 Å². The third-order valence-corrected chi connectivity index (χ3v) is 14.8. The zero-order valence-electron chi connectivity index (χ0n) is 38.7. The number of carbonyl (C=O) groups excluding carboxylic acids is 4. The summed E-state index contributed by atoms with van der Waals surface area (Å²) >= 11 is 2.20. The van der Waals surface area contributed by atoms with E-state index in [4.69, 9.17) is 9.47 Å². The fourth-order valence-electron chi connectivity index (χ4n) is 10.4. The van der Waals surface area contributed by atoms with E-state index in [1.807, 2.05) is 192 Å². The van der Waals surface area contributed by atoms with Gasteiger partial charge in [-0.1, -0.05) is 161 Å². The smallest absolute Gasteiger partial charge is 0.330 e. The second-order valence-electron chi connectivity index (χ2n) is 19.1. The van der Waals surface area contributed by atoms with E-state index in [0.29, 0.717) is 12.8 Å². The Labute approximate surface area is 411 Å². The zero-order valence-corrected chi connectivity index (χ0v) is 40.8. The van der Waals surface area contributed by atoms with Crippen molar-refractivity contribution in [2.24, 2.45) is 10.8 Å². The summed E-state index contributed by atoms with van der Waals surface area (Å²) in [6.07, 6.45) is 3.79. The highest BCUT2D eigenvalue weighted by Crippen LogP contribution is 2.53. The first-order valence-electron chi connectivity index (χ1n) is 23.0. The highest BCUT2D eigenvalue weighted by molar-refractivity contribution is 14.1. The SMILES string of the molecule is C/C(=C1\C(=O)N2C1CC(C)(C)[C@@H]2C(=O)OC(c1ccccc1)c1ccccc1)c1ccccn1.CC1(C)CC2/C(=C(/I)c3ccccn3)C(=O)N2[C@H]1C(=O)OC(c1ccccc1)c1ccccc1. The van der Waals surface area contributed by atoms with E-state index >= 15 is 0 Å². The minimum Gasteiger partial charge on any atom is -0.451 e. The molecular formula is C57H53IN4O6. The maximum atomic E-state index is 13.7. The minimum absolute atomic E-state index is 0.100. The number of allylic oxidation sites excluding steroid dienone is 1. The molecule has 0 aliphatic carbocycles. The molecule has 4 atom stereocenters. The third-order valence-electron chi connectivity index (χ3n) is 13.6. The van der Waals surface area contributed by atoms with Crippen molar-refractivity contribution in [3.8, 4) is 0 Å². The molecule has 0 saturated carbocycles. The normalized spacial score (nSPS) is 22.2. The Hall–Kier alpha value is -6.73. The van der Waals surface area contributed by atoms with Gasteiger partial charge in [0.05, 0.1) is 29.0 Å². The average molecular weight is 1020 g/mol. The molecule has 11 heteroatoms. The second kappa shape index (κ2) is 19.1. The van der Waals surface area contributed by atoms with Gasteiger partial charge in [0.15, 0.2) is 12.2 Å². The predicted molar refractivity (Wildman–Crippen MR) is 269 cm³/mol. The second-order valence-corrected chi connectivity index (χ2v) is 20.2. The van der Waals surface area contributed by atoms with Gasteiger partial charge >= 0.3 is 11.9 Å². The number of fused-ring (bicyclic) bond motifs is 2. The van der Waals surface area contributed by atoms with Crippen LogP contribution in [0.1, 0.15) is 93.3 Å². The van der Waals surface area contributed by atoms with Crippen molar-refractivity contribution in [3.05, 3.63) is 215 Å². The van der Waals surface area contributed by atoms with Crippen molar-refractivity contribution in [1.29, 1.82) is 0 Å². The number of β-lactam (4-membered cyclic amide) rings is 2. The van der Waals surface area contributed by atoms with Crippen LogP contribution in [0.5, 0.6) is 0 Å². The van der Waals surface area contributed by atoms with Gasteiger partial charge in [-0.05, 0) is 105 Å². The summed E-state index contributed by atoms with van der Waals surface area (Å²) in [6, 6.07) is 48.8. The third kappa shape index (κ3) is 8.79. The highest BCUT2D eigenvalue weighted by Gasteiger charge is 2.63. The molecule has 6 heterocycles. The number of esters is 2. The summed E-state index contributed by atoms with van der Waals surface area (Å²) in [7, 11) is 0. The van der Waals surface area contributed by atoms with E-state index in [2.05, 4.69) is 32.6 Å². The molecule has 0 bridgehead atoms. The fourth-order valence-corrected chi connectivity index (χ4v) is 11.3. The molecule has 344 valence electrons. The number of hydrogen-bond donors (Lipinski definition) is 0. The molecule has 10 rings (SSSR count). The molecule has 6 aromatic rings. The van der Waals surface area contributed by atoms with Gasteiger partial charge in [0.25, 0.3) is 11.8 Å². The van der Waals surface area contributed by atoms with Gasteiger partial charge < -0.3 is 19.3 Å². The molecule has 10 nitrogen and oxygen atoms in total. The molecule has 0 N–H and O–H groups in total. The Morgan fingerprint density at radius 3 is 1.24 bits per heavy atom. The molecular weight excluding hydrogens is 964 g/mol. The van der Waals surface area contributed by atoms with Gasteiger partial charge in [-0.2, -0.15) is 0 Å². The largest absolute Gasteiger partial charge is 0.451 e. The van der Waals surface area contributed by atoms with Crippen molar-refractivity contribution < 1.29 is 28.7 Å². The summed E-state index contributed by atoms with van der Waals surface area (Å²) in [6.45, 7) is 10.1. The van der Waals surface area contributed by atoms with Gasteiger partial charge in [-0.15, -0.1) is 0 Å². The van der Waals surface area contributed by atoms with E-state index in [1.54, 1.807) is 22.2 Å². The van der Waals surface area contributed by atoms with Crippen LogP contribution in [0.2, 0.25) is 0 Å². The number of halogens is 1. The van der Waals surface area contributed by atoms with Crippen LogP contribution >= 0.6 is 22.6 Å². The Morgan fingerprint density at radius 2 is 0.868 bits per heavy atom. The standard InChI is InChI=1S/C29H28N2O3.C28H25IN2O3/c1-19(22-16-10-11-17-30-22)24-23-18-29(2,3)26(31(23)27(24)32)28(33)34-25(20-12-6-4-7-13-20)21-14-8-5-9-15-21;1-28(2)17-21-22(23(29)20-15-9-10-16-30-20)26(32)31(21)25(28)27(33)34-24(18-11-5-3-6-12-18)19-13-7-4-8-14-19/h4-17,23,25-26H,18H2,1-3H3;3-16,21,24-25H,17H2,1-2H3/b24-19+;23-22-/t23?,26-;21?,25-/m00/s1. The van der Waals surface area contributed by atoms with E-state index in [9.17, 15) is 19.2 Å². The first-order chi connectivity index (χ1) is 32.8. The maximum Gasteiger partial charge on any atom is 0.330 e. The molecule has 0 radical (unpaired) electrons. The van der Waals surface area contributed by atoms with Crippen LogP contribution in [0.4, 0.5) is 0 Å². The van der Waals surface area contributed by atoms with E-state index in [-0.39, 0.29) is 35.8 Å². The number of rotatable bonds is 10. The first-order valence-corrected chi connectivity index (χ1v) is 24.0. The van der Waals surface area contributed by atoms with E-state index in [1.165, 1.54) is 0 Å². The number of carbonyl (C=O) groups is 4. The van der Waals surface area contributed by atoms with Gasteiger partial charge in [0, 0.05) is 21.5 Å². The molecule has 4 aliphatic rings. The van der Waals surface area contributed by atoms with Crippen molar-refractivity contribution in [2.75, 3.05) is 0 Å². The zero-order chi connectivity index (χ0) is 47.7. The lowest BCUT2D eigenvalue weighted by Crippen LogP contribution is -2.58. The number of benzene rings is 4. The lowest BCUT2D eigenvalue weighted by atomic mass is 9.82. The number of hydrogen-bond acceptors (Lipinski definition) is 8. The van der Waals surface area contributed by atoms with Crippen LogP contribution in [0, 0.1) is 10.8 Å². The number of ether oxygens (including phenoxy) is 2. The summed E-state index contributed by atoms with van der Waals surface area (Å²) < 4.78 is 13.2. The maximum absolute atomic E-state index is 13.7. The summed E-state index contributed by atoms with van der Waals surface area (Å²) in [5.74, 6) is -0.946. The fraction of sp³-hybridized carbons (Fsp3) is 0.263. The first kappa shape index (κ1) is 46.4. The van der Waals surface area contributed by atoms with Gasteiger partial charge in [-0.25, -0.2) is 9.59 Å². The topological polar surface area (TPSA) is 119 Å². The lowest BCUT2D eigenvalue weighted by Gasteiger charge is -2.42. The van der Waals surface area contributed by atoms with Gasteiger partial charge in [0.1, 0.15) is 12.1 Å². The average Bonchev–Trinajstić information content (AvgIpc) is 3.76. The summed E-state index contributed by atoms with van der Waals surface area (Å²) in [4.78, 5) is 66.2. The Bertz CT molecular complexity index is 2600. The van der Waals surface area contributed by atoms with Crippen LogP contribution in [-0.4, -0.2) is 67.7 Å². The number of pyridine rings is 2. The molecule has 2 unspecified atom stereocenters. The molecule has 2 aromatic heterocycles. The van der Waals surface area contributed by atoms with Crippen molar-refractivity contribution >= 4 is 55.5 Å². The number of nitrogens with zero attached hydrogens (tertiary/aromatic N) is 4. The minimum atomic E-state index is -0.642. The lowest BCUT2D eigenvalue weighted by molar-refractivity contribution is -0.162. The predicted octanol–water partition coefficient (Wildman–Crippen LogP) is 10.8. The summed E-state index contributed by atoms with van der Waals surface area (Å²) in [5.41, 5.74) is 6.71. The molecule has 4 saturated heterocycles. The molecule has 68 heavy (non-hydrogen) atoms. The molecule has 4 aliphatic heterocycles. The summed E-state index contributed by atoms with van der Waals surface area (Å²) in [5, 5.41) is 0. The molecule has 4 aromatic carbocycles. The Morgan fingerprint density at radius 1 is 0.529 bits per heavy atom. The highest BCUT2D eigenvalue weighted by atomic mass is 127. The van der Waals surface area contributed by atoms with Gasteiger partial charge in [-0.3, -0.25) is 19.6 Å². The molecule has 2 amide bonds. The quantitative estimate of drug-likeness (QED) is 0.0576. The van der Waals surface area contributed by atoms with Crippen LogP contribution in [-0.2, 0) is 28.7 Å². The van der Waals surface area contributed by atoms with Crippen LogP contribution in [0.25, 0.3) is 9.15 Å². The monoisotopic (exact) mass is 1020 g/mol. The Balaban J connectivity index is 0.000000170. The Kier molecular flexibility index (Phi) is 13.0.